The maximum absolute atomic E-state index is 11.4. The molecule has 0 bridgehead atoms. The van der Waals surface area contributed by atoms with E-state index in [1.165, 1.54) is 6.92 Å². The topological polar surface area (TPSA) is 64.4 Å². The molecule has 2 aromatic rings. The van der Waals surface area contributed by atoms with E-state index in [0.29, 0.717) is 12.3 Å². The van der Waals surface area contributed by atoms with Gasteiger partial charge < -0.3 is 4.84 Å². The van der Waals surface area contributed by atoms with Gasteiger partial charge in [0.2, 0.25) is 0 Å². The zero-order valence-electron chi connectivity index (χ0n) is 14.4. The Morgan fingerprint density at radius 1 is 1.08 bits per heavy atom. The minimum atomic E-state index is -0.0509. The van der Waals surface area contributed by atoms with Crippen LogP contribution in [-0.4, -0.2) is 28.1 Å². The van der Waals surface area contributed by atoms with E-state index in [9.17, 15) is 4.79 Å². The summed E-state index contributed by atoms with van der Waals surface area (Å²) in [7, 11) is 0. The zero-order valence-corrected chi connectivity index (χ0v) is 14.4. The standard InChI is InChI=1S/C19H21N3O2/c1-13(11-17-8-6-10-19(21-17)16(4)23)12-24-22-15(3)18-9-5-7-14(2)20-18/h5-11H,12H2,1-4H3/b13-11?,22-15-. The summed E-state index contributed by atoms with van der Waals surface area (Å²) in [5.41, 5.74) is 4.60. The highest BCUT2D eigenvalue weighted by Gasteiger charge is 2.02. The largest absolute Gasteiger partial charge is 0.391 e. The monoisotopic (exact) mass is 323 g/mol. The lowest BCUT2D eigenvalue weighted by molar-refractivity contribution is 0.101. The predicted octanol–water partition coefficient (Wildman–Crippen LogP) is 3.83. The maximum atomic E-state index is 11.4. The van der Waals surface area contributed by atoms with Gasteiger partial charge in [-0.15, -0.1) is 0 Å². The van der Waals surface area contributed by atoms with E-state index in [1.54, 1.807) is 6.07 Å². The van der Waals surface area contributed by atoms with Crippen LogP contribution in [0.15, 0.2) is 47.1 Å². The summed E-state index contributed by atoms with van der Waals surface area (Å²) in [5, 5.41) is 4.10. The Bertz CT molecular complexity index is 795. The second kappa shape index (κ2) is 8.15. The van der Waals surface area contributed by atoms with Crippen LogP contribution in [0.3, 0.4) is 0 Å². The fourth-order valence-corrected chi connectivity index (χ4v) is 2.04. The normalized spacial score (nSPS) is 12.2. The molecule has 0 atom stereocenters. The molecule has 5 heteroatoms. The average molecular weight is 323 g/mol. The highest BCUT2D eigenvalue weighted by Crippen LogP contribution is 2.07. The fraction of sp³-hybridized carbons (Fsp3) is 0.263. The first kappa shape index (κ1) is 17.5. The summed E-state index contributed by atoms with van der Waals surface area (Å²) < 4.78 is 0. The van der Waals surface area contributed by atoms with Crippen LogP contribution in [0.25, 0.3) is 6.08 Å². The third-order valence-electron chi connectivity index (χ3n) is 3.28. The van der Waals surface area contributed by atoms with Crippen LogP contribution in [0.2, 0.25) is 0 Å². The third kappa shape index (κ3) is 5.12. The Morgan fingerprint density at radius 3 is 2.50 bits per heavy atom. The molecule has 5 nitrogen and oxygen atoms in total. The van der Waals surface area contributed by atoms with Crippen molar-refractivity contribution in [2.45, 2.75) is 27.7 Å². The first-order chi connectivity index (χ1) is 11.5. The van der Waals surface area contributed by atoms with Crippen molar-refractivity contribution in [3.63, 3.8) is 0 Å². The smallest absolute Gasteiger partial charge is 0.178 e. The third-order valence-corrected chi connectivity index (χ3v) is 3.28. The van der Waals surface area contributed by atoms with Crippen molar-refractivity contribution in [2.75, 3.05) is 6.61 Å². The molecule has 0 radical (unpaired) electrons. The molecule has 2 rings (SSSR count). The highest BCUT2D eigenvalue weighted by molar-refractivity contribution is 5.96. The van der Waals surface area contributed by atoms with Crippen molar-refractivity contribution in [1.82, 2.24) is 9.97 Å². The van der Waals surface area contributed by atoms with Crippen LogP contribution in [0.1, 0.15) is 48.3 Å². The van der Waals surface area contributed by atoms with E-state index in [1.807, 2.05) is 57.2 Å². The van der Waals surface area contributed by atoms with Crippen LogP contribution in [0.4, 0.5) is 0 Å². The van der Waals surface area contributed by atoms with Gasteiger partial charge >= 0.3 is 0 Å². The van der Waals surface area contributed by atoms with Crippen molar-refractivity contribution >= 4 is 17.6 Å². The van der Waals surface area contributed by atoms with E-state index in [0.717, 1.165) is 28.4 Å². The minimum absolute atomic E-state index is 0.0509. The summed E-state index contributed by atoms with van der Waals surface area (Å²) >= 11 is 0. The molecule has 0 aliphatic heterocycles. The predicted molar refractivity (Wildman–Crippen MR) is 95.0 cm³/mol. The number of aryl methyl sites for hydroxylation is 1. The molecule has 0 N–H and O–H groups in total. The average Bonchev–Trinajstić information content (AvgIpc) is 2.55. The minimum Gasteiger partial charge on any atom is -0.391 e. The van der Waals surface area contributed by atoms with Gasteiger partial charge in [-0.2, -0.15) is 0 Å². The lowest BCUT2D eigenvalue weighted by Gasteiger charge is -2.04. The summed E-state index contributed by atoms with van der Waals surface area (Å²) in [4.78, 5) is 25.4. The van der Waals surface area contributed by atoms with Crippen LogP contribution in [0.5, 0.6) is 0 Å². The Hall–Kier alpha value is -2.82. The van der Waals surface area contributed by atoms with Gasteiger partial charge in [0.1, 0.15) is 18.0 Å². The molecule has 124 valence electrons. The second-order valence-electron chi connectivity index (χ2n) is 5.61. The van der Waals surface area contributed by atoms with Gasteiger partial charge in [0, 0.05) is 12.6 Å². The number of hydrogen-bond acceptors (Lipinski definition) is 5. The van der Waals surface area contributed by atoms with Gasteiger partial charge in [-0.3, -0.25) is 9.78 Å². The molecule has 24 heavy (non-hydrogen) atoms. The molecule has 0 saturated heterocycles. The molecule has 2 aromatic heterocycles. The molecule has 0 fully saturated rings. The lowest BCUT2D eigenvalue weighted by Crippen LogP contribution is -2.02. The zero-order chi connectivity index (χ0) is 17.5. The van der Waals surface area contributed by atoms with Crippen molar-refractivity contribution in [2.24, 2.45) is 5.16 Å². The van der Waals surface area contributed by atoms with E-state index in [2.05, 4.69) is 15.1 Å². The Balaban J connectivity index is 1.99. The van der Waals surface area contributed by atoms with Gasteiger partial charge in [-0.05, 0) is 56.7 Å². The van der Waals surface area contributed by atoms with Crippen molar-refractivity contribution in [3.8, 4) is 0 Å². The van der Waals surface area contributed by atoms with E-state index < -0.39 is 0 Å². The summed E-state index contributed by atoms with van der Waals surface area (Å²) in [5.74, 6) is -0.0509. The molecule has 0 unspecified atom stereocenters. The molecule has 0 aliphatic carbocycles. The molecular formula is C19H21N3O2. The number of aromatic nitrogens is 2. The summed E-state index contributed by atoms with van der Waals surface area (Å²) in [6, 6.07) is 11.1. The van der Waals surface area contributed by atoms with Crippen molar-refractivity contribution < 1.29 is 9.63 Å². The van der Waals surface area contributed by atoms with Gasteiger partial charge in [0.05, 0.1) is 11.4 Å². The van der Waals surface area contributed by atoms with Crippen LogP contribution >= 0.6 is 0 Å². The van der Waals surface area contributed by atoms with Crippen LogP contribution in [-0.2, 0) is 4.84 Å². The van der Waals surface area contributed by atoms with E-state index in [4.69, 9.17) is 4.84 Å². The highest BCUT2D eigenvalue weighted by atomic mass is 16.6. The fourth-order valence-electron chi connectivity index (χ4n) is 2.04. The molecule has 0 saturated carbocycles. The molecule has 0 amide bonds. The van der Waals surface area contributed by atoms with E-state index in [-0.39, 0.29) is 5.78 Å². The number of pyridine rings is 2. The number of ketones is 1. The van der Waals surface area contributed by atoms with Gasteiger partial charge in [0.25, 0.3) is 0 Å². The Labute approximate surface area is 142 Å². The number of rotatable bonds is 6. The number of hydrogen-bond donors (Lipinski definition) is 0. The SMILES string of the molecule is CC(=O)c1cccc(C=C(C)CO/N=C(/C)c2cccc(C)n2)n1. The number of oxime groups is 1. The summed E-state index contributed by atoms with van der Waals surface area (Å²) in [6.07, 6.45) is 1.88. The summed E-state index contributed by atoms with van der Waals surface area (Å²) in [6.45, 7) is 7.57. The molecule has 2 heterocycles. The number of carbonyl (C=O) groups is 1. The quantitative estimate of drug-likeness (QED) is 0.460. The number of nitrogens with zero attached hydrogens (tertiary/aromatic N) is 3. The number of Topliss-reactive ketones (excluding diaryl/α,β-unsaturated/α-hetero) is 1. The maximum Gasteiger partial charge on any atom is 0.178 e. The van der Waals surface area contributed by atoms with Gasteiger partial charge in [-0.1, -0.05) is 17.3 Å². The number of carbonyl (C=O) groups excluding carboxylic acids is 1. The Morgan fingerprint density at radius 2 is 1.79 bits per heavy atom. The first-order valence-corrected chi connectivity index (χ1v) is 7.71. The van der Waals surface area contributed by atoms with Crippen LogP contribution < -0.4 is 0 Å². The lowest BCUT2D eigenvalue weighted by atomic mass is 10.2. The second-order valence-corrected chi connectivity index (χ2v) is 5.61. The van der Waals surface area contributed by atoms with Gasteiger partial charge in [-0.25, -0.2) is 4.98 Å². The molecular weight excluding hydrogens is 302 g/mol. The van der Waals surface area contributed by atoms with Crippen molar-refractivity contribution in [3.05, 3.63) is 64.7 Å². The molecule has 0 aromatic carbocycles. The van der Waals surface area contributed by atoms with Crippen molar-refractivity contribution in [1.29, 1.82) is 0 Å². The van der Waals surface area contributed by atoms with Gasteiger partial charge in [0.15, 0.2) is 5.78 Å². The van der Waals surface area contributed by atoms with Crippen LogP contribution in [0, 0.1) is 6.92 Å². The van der Waals surface area contributed by atoms with E-state index >= 15 is 0 Å². The molecule has 0 aliphatic rings. The first-order valence-electron chi connectivity index (χ1n) is 7.71. The molecule has 0 spiro atoms. The Kier molecular flexibility index (Phi) is 5.95.